The quantitative estimate of drug-likeness (QED) is 0.163. The Morgan fingerprint density at radius 1 is 0.278 bits per heavy atom. The maximum atomic E-state index is 5.03. The van der Waals surface area contributed by atoms with E-state index < -0.39 is 0 Å². The predicted molar refractivity (Wildman–Crippen MR) is 221 cm³/mol. The summed E-state index contributed by atoms with van der Waals surface area (Å²) >= 11 is 0. The van der Waals surface area contributed by atoms with E-state index in [2.05, 4.69) is 120 Å². The zero-order chi connectivity index (χ0) is 35.8. The van der Waals surface area contributed by atoms with Gasteiger partial charge >= 0.3 is 0 Å². The van der Waals surface area contributed by atoms with Crippen LogP contribution in [0, 0.1) is 0 Å². The molecule has 0 bridgehead atoms. The van der Waals surface area contributed by atoms with Crippen LogP contribution in [0.1, 0.15) is 0 Å². The molecule has 0 N–H and O–H groups in total. The summed E-state index contributed by atoms with van der Waals surface area (Å²) in [7, 11) is 0. The van der Waals surface area contributed by atoms with Gasteiger partial charge in [0.25, 0.3) is 0 Å². The standard InChI is InChI=1S/C49H31N5/c1-3-10-38(11-4-1)47-52-48(39-12-5-2-6-13-39)54-49(53-47)43-29-28-40(41-15-7-8-16-42(41)43)34-21-17-32(18-22-34)33-19-23-35(24-20-33)44-30-27-37-26-25-36-14-9-31-50-45(36)46(37)51-44/h1-31H. The van der Waals surface area contributed by atoms with E-state index >= 15 is 0 Å². The first-order valence-electron chi connectivity index (χ1n) is 18.0. The average Bonchev–Trinajstić information content (AvgIpc) is 3.26. The summed E-state index contributed by atoms with van der Waals surface area (Å²) in [5.74, 6) is 1.94. The molecule has 0 unspecified atom stereocenters. The van der Waals surface area contributed by atoms with Crippen molar-refractivity contribution in [3.63, 3.8) is 0 Å². The van der Waals surface area contributed by atoms with Crippen LogP contribution in [0.5, 0.6) is 0 Å². The molecule has 7 aromatic carbocycles. The van der Waals surface area contributed by atoms with Crippen molar-refractivity contribution in [1.82, 2.24) is 24.9 Å². The van der Waals surface area contributed by atoms with E-state index in [9.17, 15) is 0 Å². The smallest absolute Gasteiger partial charge is 0.164 e. The van der Waals surface area contributed by atoms with Crippen molar-refractivity contribution in [2.45, 2.75) is 0 Å². The van der Waals surface area contributed by atoms with Crippen LogP contribution in [0.25, 0.3) is 100 Å². The van der Waals surface area contributed by atoms with Gasteiger partial charge in [-0.1, -0.05) is 164 Å². The summed E-state index contributed by atoms with van der Waals surface area (Å²) in [6.45, 7) is 0. The van der Waals surface area contributed by atoms with Gasteiger partial charge in [0, 0.05) is 39.2 Å². The monoisotopic (exact) mass is 689 g/mol. The molecule has 0 saturated heterocycles. The first-order valence-corrected chi connectivity index (χ1v) is 18.0. The van der Waals surface area contributed by atoms with Gasteiger partial charge < -0.3 is 0 Å². The van der Waals surface area contributed by atoms with Gasteiger partial charge in [-0.3, -0.25) is 4.98 Å². The number of rotatable bonds is 6. The van der Waals surface area contributed by atoms with Crippen LogP contribution in [0.15, 0.2) is 188 Å². The number of hydrogen-bond donors (Lipinski definition) is 0. The fourth-order valence-electron chi connectivity index (χ4n) is 7.23. The molecule has 252 valence electrons. The van der Waals surface area contributed by atoms with E-state index in [4.69, 9.17) is 19.9 Å². The van der Waals surface area contributed by atoms with E-state index in [1.54, 1.807) is 0 Å². The van der Waals surface area contributed by atoms with Gasteiger partial charge in [-0.15, -0.1) is 0 Å². The maximum absolute atomic E-state index is 5.03. The summed E-state index contributed by atoms with van der Waals surface area (Å²) in [6, 6.07) is 62.9. The molecule has 0 amide bonds. The normalized spacial score (nSPS) is 11.3. The molecule has 0 aliphatic rings. The van der Waals surface area contributed by atoms with E-state index in [1.807, 2.05) is 72.9 Å². The number of fused-ring (bicyclic) bond motifs is 4. The summed E-state index contributed by atoms with van der Waals surface area (Å²) in [5.41, 5.74) is 11.3. The van der Waals surface area contributed by atoms with Crippen LogP contribution < -0.4 is 0 Å². The van der Waals surface area contributed by atoms with Crippen LogP contribution in [0.4, 0.5) is 0 Å². The van der Waals surface area contributed by atoms with Crippen LogP contribution in [-0.4, -0.2) is 24.9 Å². The lowest BCUT2D eigenvalue weighted by atomic mass is 9.93. The second-order valence-electron chi connectivity index (χ2n) is 13.3. The van der Waals surface area contributed by atoms with Crippen LogP contribution in [-0.2, 0) is 0 Å². The van der Waals surface area contributed by atoms with E-state index in [1.165, 1.54) is 0 Å². The summed E-state index contributed by atoms with van der Waals surface area (Å²) < 4.78 is 0. The lowest BCUT2D eigenvalue weighted by molar-refractivity contribution is 1.08. The maximum Gasteiger partial charge on any atom is 0.164 e. The van der Waals surface area contributed by atoms with Crippen molar-refractivity contribution in [3.8, 4) is 67.7 Å². The molecule has 54 heavy (non-hydrogen) atoms. The number of aromatic nitrogens is 5. The van der Waals surface area contributed by atoms with Crippen LogP contribution in [0.2, 0.25) is 0 Å². The Morgan fingerprint density at radius 3 is 1.43 bits per heavy atom. The fraction of sp³-hybridized carbons (Fsp3) is 0. The molecule has 3 aromatic heterocycles. The number of pyridine rings is 2. The van der Waals surface area contributed by atoms with Crippen molar-refractivity contribution in [2.24, 2.45) is 0 Å². The highest BCUT2D eigenvalue weighted by atomic mass is 15.0. The van der Waals surface area contributed by atoms with Crippen molar-refractivity contribution < 1.29 is 0 Å². The number of nitrogens with zero attached hydrogens (tertiary/aromatic N) is 5. The van der Waals surface area contributed by atoms with Gasteiger partial charge in [-0.2, -0.15) is 0 Å². The van der Waals surface area contributed by atoms with Crippen molar-refractivity contribution in [1.29, 1.82) is 0 Å². The highest BCUT2D eigenvalue weighted by Crippen LogP contribution is 2.37. The van der Waals surface area contributed by atoms with Gasteiger partial charge in [-0.25, -0.2) is 19.9 Å². The second-order valence-corrected chi connectivity index (χ2v) is 13.3. The minimum atomic E-state index is 0.646. The molecule has 5 heteroatoms. The second kappa shape index (κ2) is 13.3. The van der Waals surface area contributed by atoms with Gasteiger partial charge in [0.1, 0.15) is 0 Å². The molecule has 0 radical (unpaired) electrons. The summed E-state index contributed by atoms with van der Waals surface area (Å²) in [6.07, 6.45) is 1.83. The van der Waals surface area contributed by atoms with Crippen molar-refractivity contribution in [2.75, 3.05) is 0 Å². The summed E-state index contributed by atoms with van der Waals surface area (Å²) in [5, 5.41) is 4.41. The van der Waals surface area contributed by atoms with Gasteiger partial charge in [0.2, 0.25) is 0 Å². The largest absolute Gasteiger partial charge is 0.254 e. The third kappa shape index (κ3) is 5.74. The zero-order valence-corrected chi connectivity index (χ0v) is 29.1. The average molecular weight is 690 g/mol. The molecule has 0 fully saturated rings. The zero-order valence-electron chi connectivity index (χ0n) is 29.1. The molecule has 10 aromatic rings. The van der Waals surface area contributed by atoms with E-state index in [0.717, 1.165) is 82.8 Å². The number of benzene rings is 7. The lowest BCUT2D eigenvalue weighted by Gasteiger charge is -2.13. The molecule has 0 aliphatic heterocycles. The predicted octanol–water partition coefficient (Wildman–Crippen LogP) is 12.1. The molecular weight excluding hydrogens is 659 g/mol. The van der Waals surface area contributed by atoms with E-state index in [0.29, 0.717) is 17.5 Å². The van der Waals surface area contributed by atoms with Gasteiger partial charge in [0.15, 0.2) is 17.5 Å². The van der Waals surface area contributed by atoms with Crippen LogP contribution in [0.3, 0.4) is 0 Å². The first kappa shape index (κ1) is 31.4. The first-order chi connectivity index (χ1) is 26.7. The van der Waals surface area contributed by atoms with Crippen molar-refractivity contribution in [3.05, 3.63) is 188 Å². The molecule has 0 aliphatic carbocycles. The van der Waals surface area contributed by atoms with E-state index in [-0.39, 0.29) is 0 Å². The molecule has 0 atom stereocenters. The number of hydrogen-bond acceptors (Lipinski definition) is 5. The van der Waals surface area contributed by atoms with Crippen molar-refractivity contribution >= 4 is 32.6 Å². The SMILES string of the molecule is c1ccc(-c2nc(-c3ccccc3)nc(-c3ccc(-c4ccc(-c5ccc(-c6ccc7ccc8cccnc8c7n6)cc5)cc4)c4ccccc34)n2)cc1. The topological polar surface area (TPSA) is 64.5 Å². The Bertz CT molecular complexity index is 2900. The molecule has 0 spiro atoms. The van der Waals surface area contributed by atoms with Crippen LogP contribution >= 0.6 is 0 Å². The van der Waals surface area contributed by atoms with Gasteiger partial charge in [-0.05, 0) is 51.2 Å². The molecule has 10 rings (SSSR count). The van der Waals surface area contributed by atoms with Gasteiger partial charge in [0.05, 0.1) is 16.7 Å². The Morgan fingerprint density at radius 2 is 0.778 bits per heavy atom. The third-order valence-corrected chi connectivity index (χ3v) is 10.0. The molecular formula is C49H31N5. The molecule has 5 nitrogen and oxygen atoms in total. The Balaban J connectivity index is 0.980. The summed E-state index contributed by atoms with van der Waals surface area (Å²) in [4.78, 5) is 24.6. The third-order valence-electron chi connectivity index (χ3n) is 10.0. The lowest BCUT2D eigenvalue weighted by Crippen LogP contribution is -2.00. The molecule has 3 heterocycles. The highest BCUT2D eigenvalue weighted by Gasteiger charge is 2.16. The highest BCUT2D eigenvalue weighted by molar-refractivity contribution is 6.05. The Hall–Kier alpha value is -7.37. The minimum Gasteiger partial charge on any atom is -0.254 e. The Labute approximate surface area is 312 Å². The minimum absolute atomic E-state index is 0.646. The Kier molecular flexibility index (Phi) is 7.73. The molecule has 0 saturated carbocycles. The fourth-order valence-corrected chi connectivity index (χ4v) is 7.23.